The second-order valence-electron chi connectivity index (χ2n) is 8.77. The van der Waals surface area contributed by atoms with Gasteiger partial charge in [-0.25, -0.2) is 15.0 Å². The fraction of sp³-hybridized carbons (Fsp3) is 0.200. The Labute approximate surface area is 215 Å². The highest BCUT2D eigenvalue weighted by Gasteiger charge is 2.16. The molecule has 7 heteroatoms. The van der Waals surface area contributed by atoms with Crippen molar-refractivity contribution < 1.29 is 14.3 Å². The van der Waals surface area contributed by atoms with E-state index in [4.69, 9.17) is 19.4 Å². The molecule has 37 heavy (non-hydrogen) atoms. The predicted molar refractivity (Wildman–Crippen MR) is 144 cm³/mol. The Hall–Kier alpha value is -4.52. The highest BCUT2D eigenvalue weighted by atomic mass is 16.5. The van der Waals surface area contributed by atoms with Gasteiger partial charge in [0.2, 0.25) is 0 Å². The molecule has 186 valence electrons. The first-order chi connectivity index (χ1) is 18.1. The number of aromatic nitrogens is 4. The van der Waals surface area contributed by atoms with E-state index in [1.54, 1.807) is 26.7 Å². The van der Waals surface area contributed by atoms with Gasteiger partial charge in [0.05, 0.1) is 43.0 Å². The molecule has 0 N–H and O–H groups in total. The van der Waals surface area contributed by atoms with E-state index in [9.17, 15) is 4.79 Å². The summed E-state index contributed by atoms with van der Waals surface area (Å²) in [7, 11) is 3.28. The lowest BCUT2D eigenvalue weighted by Gasteiger charge is -2.13. The largest absolute Gasteiger partial charge is 0.497 e. The Balaban J connectivity index is 1.48. The van der Waals surface area contributed by atoms with Gasteiger partial charge in [-0.15, -0.1) is 0 Å². The van der Waals surface area contributed by atoms with Crippen LogP contribution in [0, 0.1) is 0 Å². The number of Topliss-reactive ketones (excluding diaryl/α,β-unsaturated/α-hetero) is 1. The molecule has 0 aliphatic heterocycles. The lowest BCUT2D eigenvalue weighted by molar-refractivity contribution is 0.0979. The SMILES string of the molecule is COc1cccc(-c2nc3ccc(C(=O)CCCCn4ccnc4)cc3nc2-c2cccc(OC)c2)c1. The van der Waals surface area contributed by atoms with E-state index < -0.39 is 0 Å². The Morgan fingerprint density at radius 3 is 2.11 bits per heavy atom. The normalized spacial score (nSPS) is 11.0. The summed E-state index contributed by atoms with van der Waals surface area (Å²) in [4.78, 5) is 27.0. The van der Waals surface area contributed by atoms with Crippen LogP contribution in [0.1, 0.15) is 29.6 Å². The molecule has 2 heterocycles. The van der Waals surface area contributed by atoms with Gasteiger partial charge in [0.15, 0.2) is 5.78 Å². The number of benzene rings is 3. The molecular formula is C30H28N4O3. The third kappa shape index (κ3) is 5.51. The summed E-state index contributed by atoms with van der Waals surface area (Å²) >= 11 is 0. The Bertz CT molecular complexity index is 1530. The van der Waals surface area contributed by atoms with Gasteiger partial charge in [-0.05, 0) is 55.3 Å². The van der Waals surface area contributed by atoms with Crippen LogP contribution in [0.2, 0.25) is 0 Å². The van der Waals surface area contributed by atoms with Crippen LogP contribution in [-0.4, -0.2) is 39.5 Å². The molecule has 5 aromatic rings. The number of unbranched alkanes of at least 4 members (excludes halogenated alkanes) is 1. The maximum atomic E-state index is 12.9. The van der Waals surface area contributed by atoms with E-state index >= 15 is 0 Å². The van der Waals surface area contributed by atoms with Crippen LogP contribution in [0.25, 0.3) is 33.5 Å². The zero-order valence-corrected chi connectivity index (χ0v) is 20.9. The molecule has 0 aliphatic rings. The molecule has 0 amide bonds. The molecule has 3 aromatic carbocycles. The average molecular weight is 493 g/mol. The van der Waals surface area contributed by atoms with Crippen molar-refractivity contribution in [2.24, 2.45) is 0 Å². The number of aryl methyl sites for hydroxylation is 1. The van der Waals surface area contributed by atoms with Crippen molar-refractivity contribution in [3.63, 3.8) is 0 Å². The van der Waals surface area contributed by atoms with Crippen LogP contribution in [0.3, 0.4) is 0 Å². The number of imidazole rings is 1. The van der Waals surface area contributed by atoms with Gasteiger partial charge in [0, 0.05) is 42.0 Å². The number of hydrogen-bond acceptors (Lipinski definition) is 6. The van der Waals surface area contributed by atoms with Crippen LogP contribution in [-0.2, 0) is 6.54 Å². The molecule has 0 aliphatic carbocycles. The number of ketones is 1. The lowest BCUT2D eigenvalue weighted by atomic mass is 10.0. The quantitative estimate of drug-likeness (QED) is 0.170. The fourth-order valence-electron chi connectivity index (χ4n) is 4.31. The lowest BCUT2D eigenvalue weighted by Crippen LogP contribution is -2.02. The zero-order chi connectivity index (χ0) is 25.6. The second-order valence-corrected chi connectivity index (χ2v) is 8.77. The number of hydrogen-bond donors (Lipinski definition) is 0. The number of nitrogens with zero attached hydrogens (tertiary/aromatic N) is 4. The topological polar surface area (TPSA) is 79.1 Å². The molecule has 0 spiro atoms. The van der Waals surface area contributed by atoms with Gasteiger partial charge in [-0.1, -0.05) is 24.3 Å². The smallest absolute Gasteiger partial charge is 0.162 e. The molecule has 5 rings (SSSR count). The summed E-state index contributed by atoms with van der Waals surface area (Å²) < 4.78 is 12.9. The number of carbonyl (C=O) groups excluding carboxylic acids is 1. The standard InChI is InChI=1S/C30H28N4O3/c1-36-24-9-5-7-22(17-24)29-30(23-8-6-10-25(18-23)37-2)33-27-19-21(12-13-26(27)32-29)28(35)11-3-4-15-34-16-14-31-20-34/h5-10,12-14,16-20H,3-4,11,15H2,1-2H3. The second kappa shape index (κ2) is 11.0. The third-order valence-corrected chi connectivity index (χ3v) is 6.30. The van der Waals surface area contributed by atoms with Crippen molar-refractivity contribution in [2.75, 3.05) is 14.2 Å². The third-order valence-electron chi connectivity index (χ3n) is 6.30. The summed E-state index contributed by atoms with van der Waals surface area (Å²) in [6, 6.07) is 21.1. The Morgan fingerprint density at radius 2 is 1.49 bits per heavy atom. The summed E-state index contributed by atoms with van der Waals surface area (Å²) in [6.45, 7) is 0.855. The molecule has 0 fully saturated rings. The van der Waals surface area contributed by atoms with Crippen molar-refractivity contribution in [1.82, 2.24) is 19.5 Å². The first-order valence-corrected chi connectivity index (χ1v) is 12.2. The summed E-state index contributed by atoms with van der Waals surface area (Å²) in [5.41, 5.74) is 5.26. The molecule has 0 atom stereocenters. The van der Waals surface area contributed by atoms with E-state index in [1.165, 1.54) is 0 Å². The fourth-order valence-corrected chi connectivity index (χ4v) is 4.31. The summed E-state index contributed by atoms with van der Waals surface area (Å²) in [5, 5.41) is 0. The number of rotatable bonds is 10. The van der Waals surface area contributed by atoms with Gasteiger partial charge in [0.1, 0.15) is 11.5 Å². The maximum absolute atomic E-state index is 12.9. The van der Waals surface area contributed by atoms with Crippen LogP contribution in [0.15, 0.2) is 85.5 Å². The highest BCUT2D eigenvalue weighted by molar-refractivity contribution is 5.99. The van der Waals surface area contributed by atoms with Gasteiger partial charge in [0.25, 0.3) is 0 Å². The van der Waals surface area contributed by atoms with Crippen molar-refractivity contribution in [1.29, 1.82) is 0 Å². The molecule has 7 nitrogen and oxygen atoms in total. The first kappa shape index (κ1) is 24.2. The summed E-state index contributed by atoms with van der Waals surface area (Å²) in [6.07, 6.45) is 7.70. The minimum atomic E-state index is 0.106. The molecule has 2 aromatic heterocycles. The highest BCUT2D eigenvalue weighted by Crippen LogP contribution is 2.34. The van der Waals surface area contributed by atoms with E-state index in [2.05, 4.69) is 4.98 Å². The van der Waals surface area contributed by atoms with Crippen molar-refractivity contribution in [3.05, 3.63) is 91.0 Å². The number of ether oxygens (including phenoxy) is 2. The van der Waals surface area contributed by atoms with Gasteiger partial charge < -0.3 is 14.0 Å². The van der Waals surface area contributed by atoms with E-state index in [1.807, 2.05) is 77.5 Å². The molecule has 0 radical (unpaired) electrons. The van der Waals surface area contributed by atoms with Crippen molar-refractivity contribution in [3.8, 4) is 34.0 Å². The van der Waals surface area contributed by atoms with Gasteiger partial charge in [-0.3, -0.25) is 4.79 Å². The predicted octanol–water partition coefficient (Wildman–Crippen LogP) is 6.23. The van der Waals surface area contributed by atoms with E-state index in [0.29, 0.717) is 23.2 Å². The minimum Gasteiger partial charge on any atom is -0.497 e. The minimum absolute atomic E-state index is 0.106. The zero-order valence-electron chi connectivity index (χ0n) is 20.9. The molecule has 0 saturated carbocycles. The Kier molecular flexibility index (Phi) is 7.21. The molecule has 0 saturated heterocycles. The number of methoxy groups -OCH3 is 2. The Morgan fingerprint density at radius 1 is 0.811 bits per heavy atom. The first-order valence-electron chi connectivity index (χ1n) is 12.2. The van der Waals surface area contributed by atoms with Crippen LogP contribution in [0.5, 0.6) is 11.5 Å². The van der Waals surface area contributed by atoms with E-state index in [0.717, 1.165) is 53.2 Å². The maximum Gasteiger partial charge on any atom is 0.162 e. The van der Waals surface area contributed by atoms with Crippen LogP contribution < -0.4 is 9.47 Å². The average Bonchev–Trinajstić information content (AvgIpc) is 3.48. The number of carbonyl (C=O) groups is 1. The number of fused-ring (bicyclic) bond motifs is 1. The van der Waals surface area contributed by atoms with Crippen molar-refractivity contribution >= 4 is 16.8 Å². The monoisotopic (exact) mass is 492 g/mol. The molecule has 0 unspecified atom stereocenters. The van der Waals surface area contributed by atoms with E-state index in [-0.39, 0.29) is 5.78 Å². The van der Waals surface area contributed by atoms with Crippen LogP contribution >= 0.6 is 0 Å². The molecule has 0 bridgehead atoms. The molecular weight excluding hydrogens is 464 g/mol. The van der Waals surface area contributed by atoms with Gasteiger partial charge in [-0.2, -0.15) is 0 Å². The van der Waals surface area contributed by atoms with Gasteiger partial charge >= 0.3 is 0 Å². The van der Waals surface area contributed by atoms with Crippen LogP contribution in [0.4, 0.5) is 0 Å². The van der Waals surface area contributed by atoms with Crippen molar-refractivity contribution in [2.45, 2.75) is 25.8 Å². The summed E-state index contributed by atoms with van der Waals surface area (Å²) in [5.74, 6) is 1.58.